The molecule has 5 heteroatoms. The van der Waals surface area contributed by atoms with Gasteiger partial charge in [0.25, 0.3) is 0 Å². The van der Waals surface area contributed by atoms with Gasteiger partial charge in [0.05, 0.1) is 0 Å². The maximum Gasteiger partial charge on any atom is 0.410 e. The average Bonchev–Trinajstić information content (AvgIpc) is 2.86. The van der Waals surface area contributed by atoms with E-state index in [0.29, 0.717) is 12.1 Å². The van der Waals surface area contributed by atoms with Crippen LogP contribution in [0.1, 0.15) is 59.3 Å². The lowest BCUT2D eigenvalue weighted by Gasteiger charge is -2.47. The summed E-state index contributed by atoms with van der Waals surface area (Å²) >= 11 is 0. The van der Waals surface area contributed by atoms with Crippen LogP contribution < -0.4 is 5.32 Å². The van der Waals surface area contributed by atoms with Crippen molar-refractivity contribution < 1.29 is 9.53 Å². The number of rotatable bonds is 2. The van der Waals surface area contributed by atoms with Gasteiger partial charge in [0, 0.05) is 37.3 Å². The molecular weight excluding hydrogens is 290 g/mol. The standard InChI is InChI=1S/C18H33N3O2/c1-18(2,3)23-17(22)21-9-8-13(12-21)19-14-10-15-6-5-7-16(11-14)20(15)4/h13-16,19H,5-12H2,1-4H3. The van der Waals surface area contributed by atoms with E-state index in [-0.39, 0.29) is 6.09 Å². The topological polar surface area (TPSA) is 44.8 Å². The molecular formula is C18H33N3O2. The smallest absolute Gasteiger partial charge is 0.410 e. The summed E-state index contributed by atoms with van der Waals surface area (Å²) in [5.74, 6) is 0. The van der Waals surface area contributed by atoms with Crippen molar-refractivity contribution in [2.75, 3.05) is 20.1 Å². The van der Waals surface area contributed by atoms with E-state index in [4.69, 9.17) is 4.74 Å². The van der Waals surface area contributed by atoms with Crippen molar-refractivity contribution >= 4 is 6.09 Å². The van der Waals surface area contributed by atoms with Crippen LogP contribution in [0.15, 0.2) is 0 Å². The Morgan fingerprint density at radius 3 is 2.35 bits per heavy atom. The van der Waals surface area contributed by atoms with Gasteiger partial charge in [-0.2, -0.15) is 0 Å². The summed E-state index contributed by atoms with van der Waals surface area (Å²) in [5, 5.41) is 3.84. The van der Waals surface area contributed by atoms with Crippen LogP contribution >= 0.6 is 0 Å². The van der Waals surface area contributed by atoms with Crippen LogP contribution in [0.4, 0.5) is 4.79 Å². The first-order chi connectivity index (χ1) is 10.8. The third-order valence-electron chi connectivity index (χ3n) is 5.65. The highest BCUT2D eigenvalue weighted by Gasteiger charge is 2.38. The first-order valence-electron chi connectivity index (χ1n) is 9.28. The first-order valence-corrected chi connectivity index (χ1v) is 9.28. The molecule has 3 aliphatic heterocycles. The van der Waals surface area contributed by atoms with Gasteiger partial charge in [0.15, 0.2) is 0 Å². The van der Waals surface area contributed by atoms with Crippen LogP contribution in [0.2, 0.25) is 0 Å². The van der Waals surface area contributed by atoms with Gasteiger partial charge in [-0.25, -0.2) is 4.79 Å². The zero-order valence-electron chi connectivity index (χ0n) is 15.2. The van der Waals surface area contributed by atoms with Gasteiger partial charge in [-0.15, -0.1) is 0 Å². The summed E-state index contributed by atoms with van der Waals surface area (Å²) in [6.07, 6.45) is 7.48. The van der Waals surface area contributed by atoms with Crippen molar-refractivity contribution in [2.24, 2.45) is 0 Å². The maximum atomic E-state index is 12.2. The van der Waals surface area contributed by atoms with Crippen molar-refractivity contribution in [3.63, 3.8) is 0 Å². The van der Waals surface area contributed by atoms with Gasteiger partial charge < -0.3 is 19.9 Å². The van der Waals surface area contributed by atoms with Crippen molar-refractivity contribution in [1.29, 1.82) is 0 Å². The summed E-state index contributed by atoms with van der Waals surface area (Å²) in [5.41, 5.74) is -0.409. The molecule has 3 heterocycles. The molecule has 0 aliphatic carbocycles. The van der Waals surface area contributed by atoms with Gasteiger partial charge >= 0.3 is 6.09 Å². The molecule has 0 aromatic rings. The molecule has 3 rings (SSSR count). The minimum atomic E-state index is -0.409. The highest BCUT2D eigenvalue weighted by atomic mass is 16.6. The summed E-state index contributed by atoms with van der Waals surface area (Å²) in [6.45, 7) is 7.37. The maximum absolute atomic E-state index is 12.2. The van der Waals surface area contributed by atoms with E-state index < -0.39 is 5.60 Å². The molecule has 3 saturated heterocycles. The van der Waals surface area contributed by atoms with Crippen LogP contribution in [0.5, 0.6) is 0 Å². The van der Waals surface area contributed by atoms with Crippen molar-refractivity contribution in [3.05, 3.63) is 0 Å². The van der Waals surface area contributed by atoms with E-state index in [0.717, 1.165) is 31.6 Å². The Balaban J connectivity index is 1.48. The molecule has 5 nitrogen and oxygen atoms in total. The van der Waals surface area contributed by atoms with E-state index in [1.54, 1.807) is 0 Å². The molecule has 2 bridgehead atoms. The van der Waals surface area contributed by atoms with E-state index >= 15 is 0 Å². The van der Waals surface area contributed by atoms with E-state index in [2.05, 4.69) is 17.3 Å². The number of amides is 1. The van der Waals surface area contributed by atoms with Crippen molar-refractivity contribution in [3.8, 4) is 0 Å². The number of piperidine rings is 2. The number of carbonyl (C=O) groups excluding carboxylic acids is 1. The van der Waals surface area contributed by atoms with Crippen LogP contribution in [-0.2, 0) is 4.74 Å². The predicted octanol–water partition coefficient (Wildman–Crippen LogP) is 2.60. The van der Waals surface area contributed by atoms with Gasteiger partial charge in [-0.3, -0.25) is 0 Å². The fraction of sp³-hybridized carbons (Fsp3) is 0.944. The van der Waals surface area contributed by atoms with E-state index in [9.17, 15) is 4.79 Å². The predicted molar refractivity (Wildman–Crippen MR) is 91.6 cm³/mol. The van der Waals surface area contributed by atoms with Crippen LogP contribution in [0.25, 0.3) is 0 Å². The summed E-state index contributed by atoms with van der Waals surface area (Å²) in [4.78, 5) is 16.6. The summed E-state index contributed by atoms with van der Waals surface area (Å²) in [6, 6.07) is 2.55. The lowest BCUT2D eigenvalue weighted by atomic mass is 9.82. The van der Waals surface area contributed by atoms with Crippen LogP contribution in [0, 0.1) is 0 Å². The van der Waals surface area contributed by atoms with Gasteiger partial charge in [0.2, 0.25) is 0 Å². The molecule has 3 fully saturated rings. The van der Waals surface area contributed by atoms with Gasteiger partial charge in [-0.05, 0) is 59.9 Å². The minimum absolute atomic E-state index is 0.165. The Morgan fingerprint density at radius 2 is 1.74 bits per heavy atom. The molecule has 132 valence electrons. The SMILES string of the molecule is CN1C2CCCC1CC(NC1CCN(C(=O)OC(C)(C)C)C1)C2. The fourth-order valence-electron chi connectivity index (χ4n) is 4.47. The monoisotopic (exact) mass is 323 g/mol. The Labute approximate surface area is 140 Å². The molecule has 3 aliphatic rings. The number of carbonyl (C=O) groups is 1. The Morgan fingerprint density at radius 1 is 1.09 bits per heavy atom. The first kappa shape index (κ1) is 17.0. The number of ether oxygens (including phenoxy) is 1. The molecule has 0 aromatic carbocycles. The molecule has 1 N–H and O–H groups in total. The zero-order valence-corrected chi connectivity index (χ0v) is 15.2. The van der Waals surface area contributed by atoms with E-state index in [1.165, 1.54) is 32.1 Å². The fourth-order valence-corrected chi connectivity index (χ4v) is 4.47. The Hall–Kier alpha value is -0.810. The Bertz CT molecular complexity index is 420. The van der Waals surface area contributed by atoms with Crippen molar-refractivity contribution in [1.82, 2.24) is 15.1 Å². The quantitative estimate of drug-likeness (QED) is 0.848. The molecule has 0 saturated carbocycles. The zero-order chi connectivity index (χ0) is 16.6. The average molecular weight is 323 g/mol. The second kappa shape index (κ2) is 6.60. The number of likely N-dealkylation sites (tertiary alicyclic amines) is 1. The molecule has 1 amide bonds. The third-order valence-corrected chi connectivity index (χ3v) is 5.65. The summed E-state index contributed by atoms with van der Waals surface area (Å²) < 4.78 is 5.49. The van der Waals surface area contributed by atoms with Crippen LogP contribution in [0.3, 0.4) is 0 Å². The highest BCUT2D eigenvalue weighted by molar-refractivity contribution is 5.68. The van der Waals surface area contributed by atoms with Crippen LogP contribution in [-0.4, -0.2) is 65.8 Å². The van der Waals surface area contributed by atoms with Gasteiger partial charge in [-0.1, -0.05) is 6.42 Å². The molecule has 0 radical (unpaired) electrons. The number of nitrogens with zero attached hydrogens (tertiary/aromatic N) is 2. The lowest BCUT2D eigenvalue weighted by molar-refractivity contribution is 0.0281. The number of hydrogen-bond acceptors (Lipinski definition) is 4. The molecule has 3 atom stereocenters. The number of hydrogen-bond donors (Lipinski definition) is 1. The minimum Gasteiger partial charge on any atom is -0.444 e. The number of fused-ring (bicyclic) bond motifs is 2. The second-order valence-electron chi connectivity index (χ2n) is 8.65. The largest absolute Gasteiger partial charge is 0.444 e. The normalized spacial score (nSPS) is 35.4. The molecule has 0 aromatic heterocycles. The summed E-state index contributed by atoms with van der Waals surface area (Å²) in [7, 11) is 2.30. The Kier molecular flexibility index (Phi) is 4.88. The molecule has 23 heavy (non-hydrogen) atoms. The second-order valence-corrected chi connectivity index (χ2v) is 8.65. The van der Waals surface area contributed by atoms with E-state index in [1.807, 2.05) is 25.7 Å². The molecule has 3 unspecified atom stereocenters. The third kappa shape index (κ3) is 4.18. The molecule has 0 spiro atoms. The number of nitrogens with one attached hydrogen (secondary N) is 1. The van der Waals surface area contributed by atoms with Gasteiger partial charge in [0.1, 0.15) is 5.60 Å². The highest BCUT2D eigenvalue weighted by Crippen LogP contribution is 2.33. The lowest BCUT2D eigenvalue weighted by Crippen LogP contribution is -2.56. The van der Waals surface area contributed by atoms with Crippen molar-refractivity contribution in [2.45, 2.75) is 89.1 Å².